The maximum atomic E-state index is 13.1. The zero-order valence-corrected chi connectivity index (χ0v) is 26.1. The molecule has 0 bridgehead atoms. The second kappa shape index (κ2) is 17.9. The summed E-state index contributed by atoms with van der Waals surface area (Å²) in [7, 11) is -4.28. The number of primary sulfonamides is 1. The van der Waals surface area contributed by atoms with E-state index in [-0.39, 0.29) is 25.0 Å². The summed E-state index contributed by atoms with van der Waals surface area (Å²) < 4.78 is 23.6. The minimum absolute atomic E-state index is 0.00309. The van der Waals surface area contributed by atoms with E-state index in [0.717, 1.165) is 0 Å². The average Bonchev–Trinajstić information content (AvgIpc) is 2.98. The molecule has 17 heteroatoms. The molecule has 0 unspecified atom stereocenters. The standard InChI is InChI=1S/C28H38N6O9S2/c1-44-12-11-21(28(40)41)33-27(39)22(14-17-5-3-2-4-6-17)32-24(36)15-31-26(38)23(16-45(30,42)43)34-25(37)20(29)13-18-7-9-19(35)10-8-18/h2-10,20-23,35H,11-16,29H2,1H3,(H,31,38)(H,32,36)(H,33,39)(H,34,37)(H,40,41)(H2,30,42,43)/t20-,21-,22-,23-/m0/s1. The number of amides is 4. The quantitative estimate of drug-likeness (QED) is 0.0880. The van der Waals surface area contributed by atoms with Gasteiger partial charge in [0.05, 0.1) is 18.3 Å². The van der Waals surface area contributed by atoms with E-state index in [2.05, 4.69) is 21.3 Å². The average molecular weight is 667 g/mol. The predicted molar refractivity (Wildman–Crippen MR) is 167 cm³/mol. The third-order valence-electron chi connectivity index (χ3n) is 6.34. The summed E-state index contributed by atoms with van der Waals surface area (Å²) in [6, 6.07) is 9.17. The van der Waals surface area contributed by atoms with Crippen molar-refractivity contribution >= 4 is 51.4 Å². The number of carbonyl (C=O) groups is 5. The third-order valence-corrected chi connectivity index (χ3v) is 7.79. The zero-order valence-electron chi connectivity index (χ0n) is 24.5. The number of phenols is 1. The highest BCUT2D eigenvalue weighted by Crippen LogP contribution is 2.11. The van der Waals surface area contributed by atoms with E-state index >= 15 is 0 Å². The Morgan fingerprint density at radius 2 is 1.42 bits per heavy atom. The summed E-state index contributed by atoms with van der Waals surface area (Å²) in [5.74, 6) is -5.29. The molecular formula is C28H38N6O9S2. The first-order chi connectivity index (χ1) is 21.2. The molecule has 0 radical (unpaired) electrons. The summed E-state index contributed by atoms with van der Waals surface area (Å²) in [6.07, 6.45) is 1.95. The maximum Gasteiger partial charge on any atom is 0.326 e. The molecule has 2 aromatic rings. The number of carboxylic acid groups (broad SMARTS) is 1. The number of rotatable bonds is 18. The molecule has 0 saturated carbocycles. The van der Waals surface area contributed by atoms with Crippen LogP contribution in [0.2, 0.25) is 0 Å². The van der Waals surface area contributed by atoms with Gasteiger partial charge in [0.15, 0.2) is 0 Å². The Balaban J connectivity index is 2.09. The number of thioether (sulfide) groups is 1. The highest BCUT2D eigenvalue weighted by Gasteiger charge is 2.30. The number of benzene rings is 2. The monoisotopic (exact) mass is 666 g/mol. The van der Waals surface area contributed by atoms with Crippen LogP contribution in [0.5, 0.6) is 5.75 Å². The Morgan fingerprint density at radius 3 is 2.00 bits per heavy atom. The highest BCUT2D eigenvalue weighted by atomic mass is 32.2. The van der Waals surface area contributed by atoms with Crippen LogP contribution < -0.4 is 32.1 Å². The molecule has 0 heterocycles. The van der Waals surface area contributed by atoms with Crippen molar-refractivity contribution in [3.05, 3.63) is 65.7 Å². The van der Waals surface area contributed by atoms with Gasteiger partial charge in [0, 0.05) is 6.42 Å². The van der Waals surface area contributed by atoms with Crippen LogP contribution in [0.4, 0.5) is 0 Å². The Kier molecular flexibility index (Phi) is 14.8. The molecule has 0 aliphatic rings. The first-order valence-electron chi connectivity index (χ1n) is 13.7. The largest absolute Gasteiger partial charge is 0.508 e. The van der Waals surface area contributed by atoms with Crippen molar-refractivity contribution in [2.45, 2.75) is 43.4 Å². The van der Waals surface area contributed by atoms with Crippen molar-refractivity contribution in [2.75, 3.05) is 24.3 Å². The molecule has 0 saturated heterocycles. The van der Waals surface area contributed by atoms with Crippen molar-refractivity contribution in [2.24, 2.45) is 10.9 Å². The first-order valence-corrected chi connectivity index (χ1v) is 16.8. The SMILES string of the molecule is CSCC[C@H](NC(=O)[C@H](Cc1ccccc1)NC(=O)CNC(=O)[C@H](CS(N)(=O)=O)NC(=O)[C@@H](N)Cc1ccc(O)cc1)C(=O)O. The molecule has 246 valence electrons. The number of hydrogen-bond donors (Lipinski definition) is 8. The molecule has 0 aromatic heterocycles. The Hall–Kier alpha value is -4.19. The lowest BCUT2D eigenvalue weighted by Crippen LogP contribution is -2.57. The second-order valence-electron chi connectivity index (χ2n) is 10.1. The van der Waals surface area contributed by atoms with Crippen LogP contribution in [0.25, 0.3) is 0 Å². The molecule has 0 spiro atoms. The van der Waals surface area contributed by atoms with Gasteiger partial charge in [-0.05, 0) is 48.1 Å². The molecular weight excluding hydrogens is 628 g/mol. The van der Waals surface area contributed by atoms with Crippen LogP contribution in [-0.2, 0) is 46.8 Å². The fourth-order valence-electron chi connectivity index (χ4n) is 4.03. The fraction of sp³-hybridized carbons (Fsp3) is 0.393. The Morgan fingerprint density at radius 1 is 0.822 bits per heavy atom. The molecule has 2 aromatic carbocycles. The molecule has 4 amide bonds. The molecule has 45 heavy (non-hydrogen) atoms. The van der Waals surface area contributed by atoms with Crippen molar-refractivity contribution in [3.63, 3.8) is 0 Å². The van der Waals surface area contributed by atoms with Crippen molar-refractivity contribution in [1.29, 1.82) is 0 Å². The van der Waals surface area contributed by atoms with Crippen LogP contribution in [0.15, 0.2) is 54.6 Å². The van der Waals surface area contributed by atoms with Gasteiger partial charge in [-0.25, -0.2) is 18.4 Å². The fourth-order valence-corrected chi connectivity index (χ4v) is 5.20. The number of nitrogens with two attached hydrogens (primary N) is 2. The lowest BCUT2D eigenvalue weighted by atomic mass is 10.0. The van der Waals surface area contributed by atoms with Gasteiger partial charge in [-0.15, -0.1) is 0 Å². The van der Waals surface area contributed by atoms with E-state index in [1.165, 1.54) is 36.0 Å². The number of phenolic OH excluding ortho intramolecular Hbond substituents is 1. The van der Waals surface area contributed by atoms with E-state index in [1.54, 1.807) is 36.6 Å². The second-order valence-corrected chi connectivity index (χ2v) is 12.7. The summed E-state index contributed by atoms with van der Waals surface area (Å²) in [5.41, 5.74) is 7.18. The zero-order chi connectivity index (χ0) is 33.6. The van der Waals surface area contributed by atoms with Gasteiger partial charge in [-0.3, -0.25) is 19.2 Å². The lowest BCUT2D eigenvalue weighted by Gasteiger charge is -2.22. The number of carboxylic acids is 1. The van der Waals surface area contributed by atoms with Crippen LogP contribution in [-0.4, -0.2) is 96.7 Å². The number of carbonyl (C=O) groups excluding carboxylic acids is 4. The maximum absolute atomic E-state index is 13.1. The van der Waals surface area contributed by atoms with Crippen molar-refractivity contribution in [1.82, 2.24) is 21.3 Å². The van der Waals surface area contributed by atoms with E-state index in [9.17, 15) is 42.6 Å². The summed E-state index contributed by atoms with van der Waals surface area (Å²) in [4.78, 5) is 63.1. The van der Waals surface area contributed by atoms with E-state index in [4.69, 9.17) is 10.9 Å². The van der Waals surface area contributed by atoms with Gasteiger partial charge < -0.3 is 37.2 Å². The molecule has 10 N–H and O–H groups in total. The summed E-state index contributed by atoms with van der Waals surface area (Å²) in [6.45, 7) is -0.719. The van der Waals surface area contributed by atoms with Gasteiger partial charge >= 0.3 is 5.97 Å². The van der Waals surface area contributed by atoms with Crippen LogP contribution >= 0.6 is 11.8 Å². The highest BCUT2D eigenvalue weighted by molar-refractivity contribution is 7.98. The van der Waals surface area contributed by atoms with Gasteiger partial charge in [0.25, 0.3) is 0 Å². The Bertz CT molecular complexity index is 1430. The molecule has 15 nitrogen and oxygen atoms in total. The smallest absolute Gasteiger partial charge is 0.326 e. The lowest BCUT2D eigenvalue weighted by molar-refractivity contribution is -0.142. The topological polar surface area (TPSA) is 260 Å². The number of aromatic hydroxyl groups is 1. The van der Waals surface area contributed by atoms with E-state index in [1.807, 2.05) is 0 Å². The molecule has 0 aliphatic heterocycles. The van der Waals surface area contributed by atoms with Gasteiger partial charge in [0.1, 0.15) is 23.9 Å². The molecule has 4 atom stereocenters. The number of aliphatic carboxylic acids is 1. The Labute approximate surface area is 264 Å². The van der Waals surface area contributed by atoms with E-state index < -0.39 is 76.1 Å². The number of sulfonamides is 1. The minimum atomic E-state index is -4.28. The first kappa shape index (κ1) is 37.0. The predicted octanol–water partition coefficient (Wildman–Crippen LogP) is -1.80. The van der Waals surface area contributed by atoms with E-state index in [0.29, 0.717) is 16.9 Å². The van der Waals surface area contributed by atoms with Crippen molar-refractivity contribution in [3.8, 4) is 5.75 Å². The van der Waals surface area contributed by atoms with Gasteiger partial charge in [-0.1, -0.05) is 42.5 Å². The summed E-state index contributed by atoms with van der Waals surface area (Å²) in [5, 5.41) is 33.4. The van der Waals surface area contributed by atoms with Crippen LogP contribution in [0.3, 0.4) is 0 Å². The number of nitrogens with one attached hydrogen (secondary N) is 4. The normalized spacial score (nSPS) is 13.8. The molecule has 0 aliphatic carbocycles. The minimum Gasteiger partial charge on any atom is -0.508 e. The third kappa shape index (κ3) is 14.0. The van der Waals surface area contributed by atoms with Crippen LogP contribution in [0, 0.1) is 0 Å². The van der Waals surface area contributed by atoms with Crippen molar-refractivity contribution < 1.29 is 42.6 Å². The number of hydrogen-bond acceptors (Lipinski definition) is 10. The molecule has 0 fully saturated rings. The van der Waals surface area contributed by atoms with Gasteiger partial charge in [-0.2, -0.15) is 11.8 Å². The van der Waals surface area contributed by atoms with Crippen LogP contribution in [0.1, 0.15) is 17.5 Å². The van der Waals surface area contributed by atoms with Gasteiger partial charge in [0.2, 0.25) is 33.7 Å². The summed E-state index contributed by atoms with van der Waals surface area (Å²) >= 11 is 1.41. The molecule has 2 rings (SSSR count).